The third kappa shape index (κ3) is 3.27. The molecule has 3 rings (SSSR count). The summed E-state index contributed by atoms with van der Waals surface area (Å²) in [5.74, 6) is 1.81. The SMILES string of the molecule is Nc1cccc(OCc2nc(CC3CCCO3)no2)c1. The zero-order valence-corrected chi connectivity index (χ0v) is 11.1. The Labute approximate surface area is 116 Å². The molecule has 106 valence electrons. The van der Waals surface area contributed by atoms with Gasteiger partial charge in [-0.05, 0) is 25.0 Å². The van der Waals surface area contributed by atoms with Crippen molar-refractivity contribution < 1.29 is 14.0 Å². The standard InChI is InChI=1S/C14H17N3O3/c15-10-3-1-4-11(7-10)19-9-14-16-13(17-20-14)8-12-5-2-6-18-12/h1,3-4,7,12H,2,5-6,8-9,15H2. The molecule has 0 radical (unpaired) electrons. The zero-order chi connectivity index (χ0) is 13.8. The van der Waals surface area contributed by atoms with Gasteiger partial charge in [-0.3, -0.25) is 0 Å². The summed E-state index contributed by atoms with van der Waals surface area (Å²) in [4.78, 5) is 4.30. The molecule has 0 amide bonds. The molecule has 2 N–H and O–H groups in total. The van der Waals surface area contributed by atoms with Gasteiger partial charge in [-0.25, -0.2) is 0 Å². The van der Waals surface area contributed by atoms with E-state index < -0.39 is 0 Å². The van der Waals surface area contributed by atoms with Gasteiger partial charge in [-0.15, -0.1) is 0 Å². The molecule has 1 saturated heterocycles. The van der Waals surface area contributed by atoms with Crippen LogP contribution in [0.1, 0.15) is 24.6 Å². The zero-order valence-electron chi connectivity index (χ0n) is 11.1. The van der Waals surface area contributed by atoms with Crippen LogP contribution in [0.3, 0.4) is 0 Å². The summed E-state index contributed by atoms with van der Waals surface area (Å²) in [6, 6.07) is 7.23. The first-order valence-corrected chi connectivity index (χ1v) is 6.71. The van der Waals surface area contributed by atoms with Crippen molar-refractivity contribution in [2.45, 2.75) is 32.0 Å². The molecule has 2 aromatic rings. The molecule has 0 bridgehead atoms. The van der Waals surface area contributed by atoms with Crippen LogP contribution in [0.5, 0.6) is 5.75 Å². The highest BCUT2D eigenvalue weighted by Gasteiger charge is 2.19. The number of rotatable bonds is 5. The maximum Gasteiger partial charge on any atom is 0.264 e. The van der Waals surface area contributed by atoms with Gasteiger partial charge in [0.2, 0.25) is 0 Å². The Hall–Kier alpha value is -2.08. The monoisotopic (exact) mass is 275 g/mol. The molecule has 6 heteroatoms. The molecule has 1 aromatic carbocycles. The van der Waals surface area contributed by atoms with E-state index in [0.29, 0.717) is 29.6 Å². The molecule has 1 aromatic heterocycles. The van der Waals surface area contributed by atoms with Crippen LogP contribution in [-0.4, -0.2) is 22.9 Å². The number of benzene rings is 1. The number of nitrogens with two attached hydrogens (primary N) is 1. The van der Waals surface area contributed by atoms with Crippen molar-refractivity contribution in [1.29, 1.82) is 0 Å². The molecule has 0 saturated carbocycles. The van der Waals surface area contributed by atoms with E-state index in [0.717, 1.165) is 19.4 Å². The predicted molar refractivity (Wildman–Crippen MR) is 72.2 cm³/mol. The van der Waals surface area contributed by atoms with Crippen molar-refractivity contribution in [3.8, 4) is 5.75 Å². The van der Waals surface area contributed by atoms with Crippen LogP contribution in [0.15, 0.2) is 28.8 Å². The van der Waals surface area contributed by atoms with Crippen molar-refractivity contribution in [2.24, 2.45) is 0 Å². The third-order valence-corrected chi connectivity index (χ3v) is 3.16. The van der Waals surface area contributed by atoms with Gasteiger partial charge < -0.3 is 19.7 Å². The van der Waals surface area contributed by atoms with Crippen LogP contribution in [0, 0.1) is 0 Å². The second-order valence-electron chi connectivity index (χ2n) is 4.80. The van der Waals surface area contributed by atoms with Crippen molar-refractivity contribution in [3.05, 3.63) is 36.0 Å². The summed E-state index contributed by atoms with van der Waals surface area (Å²) < 4.78 is 16.2. The maximum atomic E-state index is 5.68. The smallest absolute Gasteiger partial charge is 0.264 e. The second-order valence-corrected chi connectivity index (χ2v) is 4.80. The number of ether oxygens (including phenoxy) is 2. The Morgan fingerprint density at radius 1 is 1.40 bits per heavy atom. The van der Waals surface area contributed by atoms with Crippen LogP contribution in [-0.2, 0) is 17.8 Å². The molecule has 0 aliphatic carbocycles. The van der Waals surface area contributed by atoms with Gasteiger partial charge in [0.25, 0.3) is 5.89 Å². The predicted octanol–water partition coefficient (Wildman–Crippen LogP) is 1.95. The molecule has 20 heavy (non-hydrogen) atoms. The third-order valence-electron chi connectivity index (χ3n) is 3.16. The van der Waals surface area contributed by atoms with Crippen LogP contribution in [0.4, 0.5) is 5.69 Å². The lowest BCUT2D eigenvalue weighted by Gasteiger charge is -2.04. The number of nitrogen functional groups attached to an aromatic ring is 1. The summed E-state index contributed by atoms with van der Waals surface area (Å²) in [5.41, 5.74) is 6.34. The molecule has 1 fully saturated rings. The highest BCUT2D eigenvalue weighted by molar-refractivity contribution is 5.43. The summed E-state index contributed by atoms with van der Waals surface area (Å²) in [7, 11) is 0. The van der Waals surface area contributed by atoms with E-state index in [1.807, 2.05) is 12.1 Å². The molecule has 6 nitrogen and oxygen atoms in total. The average Bonchev–Trinajstić information content (AvgIpc) is 3.09. The molecule has 1 aliphatic heterocycles. The summed E-state index contributed by atoms with van der Waals surface area (Å²) >= 11 is 0. The van der Waals surface area contributed by atoms with E-state index in [1.165, 1.54) is 0 Å². The summed E-state index contributed by atoms with van der Waals surface area (Å²) in [6.07, 6.45) is 3.08. The average molecular weight is 275 g/mol. The fourth-order valence-corrected chi connectivity index (χ4v) is 2.19. The largest absolute Gasteiger partial charge is 0.484 e. The quantitative estimate of drug-likeness (QED) is 0.840. The number of anilines is 1. The summed E-state index contributed by atoms with van der Waals surface area (Å²) in [5, 5.41) is 3.94. The highest BCUT2D eigenvalue weighted by Crippen LogP contribution is 2.17. The lowest BCUT2D eigenvalue weighted by molar-refractivity contribution is 0.109. The fourth-order valence-electron chi connectivity index (χ4n) is 2.19. The number of hydrogen-bond donors (Lipinski definition) is 1. The van der Waals surface area contributed by atoms with Gasteiger partial charge in [0.1, 0.15) is 5.75 Å². The Kier molecular flexibility index (Phi) is 3.83. The highest BCUT2D eigenvalue weighted by atomic mass is 16.5. The van der Waals surface area contributed by atoms with Crippen molar-refractivity contribution in [2.75, 3.05) is 12.3 Å². The molecule has 0 spiro atoms. The minimum absolute atomic E-state index is 0.218. The van der Waals surface area contributed by atoms with Crippen LogP contribution < -0.4 is 10.5 Å². The van der Waals surface area contributed by atoms with E-state index in [1.54, 1.807) is 12.1 Å². The van der Waals surface area contributed by atoms with E-state index in [4.69, 9.17) is 19.7 Å². The van der Waals surface area contributed by atoms with Crippen molar-refractivity contribution >= 4 is 5.69 Å². The molecule has 1 atom stereocenters. The Bertz CT molecular complexity index is 564. The Balaban J connectivity index is 1.54. The van der Waals surface area contributed by atoms with Gasteiger partial charge in [0, 0.05) is 24.8 Å². The van der Waals surface area contributed by atoms with Crippen LogP contribution in [0.2, 0.25) is 0 Å². The number of aromatic nitrogens is 2. The first kappa shape index (κ1) is 12.9. The minimum Gasteiger partial charge on any atom is -0.484 e. The van der Waals surface area contributed by atoms with Crippen molar-refractivity contribution in [1.82, 2.24) is 10.1 Å². The number of nitrogens with zero attached hydrogens (tertiary/aromatic N) is 2. The lowest BCUT2D eigenvalue weighted by atomic mass is 10.2. The topological polar surface area (TPSA) is 83.4 Å². The first-order chi connectivity index (χ1) is 9.79. The van der Waals surface area contributed by atoms with E-state index in [-0.39, 0.29) is 12.7 Å². The molecule has 1 unspecified atom stereocenters. The van der Waals surface area contributed by atoms with E-state index >= 15 is 0 Å². The first-order valence-electron chi connectivity index (χ1n) is 6.71. The van der Waals surface area contributed by atoms with Crippen molar-refractivity contribution in [3.63, 3.8) is 0 Å². The van der Waals surface area contributed by atoms with Crippen LogP contribution >= 0.6 is 0 Å². The van der Waals surface area contributed by atoms with Gasteiger partial charge >= 0.3 is 0 Å². The minimum atomic E-state index is 0.218. The molecule has 2 heterocycles. The Morgan fingerprint density at radius 2 is 2.35 bits per heavy atom. The van der Waals surface area contributed by atoms with Gasteiger partial charge in [0.05, 0.1) is 6.10 Å². The normalized spacial score (nSPS) is 18.3. The second kappa shape index (κ2) is 5.92. The Morgan fingerprint density at radius 3 is 3.15 bits per heavy atom. The van der Waals surface area contributed by atoms with Gasteiger partial charge in [-0.1, -0.05) is 11.2 Å². The van der Waals surface area contributed by atoms with E-state index in [2.05, 4.69) is 10.1 Å². The van der Waals surface area contributed by atoms with E-state index in [9.17, 15) is 0 Å². The number of hydrogen-bond acceptors (Lipinski definition) is 6. The van der Waals surface area contributed by atoms with Crippen LogP contribution in [0.25, 0.3) is 0 Å². The fraction of sp³-hybridized carbons (Fsp3) is 0.429. The maximum absolute atomic E-state index is 5.68. The molecular weight excluding hydrogens is 258 g/mol. The molecule has 1 aliphatic rings. The summed E-state index contributed by atoms with van der Waals surface area (Å²) in [6.45, 7) is 1.07. The van der Waals surface area contributed by atoms with Gasteiger partial charge in [-0.2, -0.15) is 4.98 Å². The molecular formula is C14H17N3O3. The lowest BCUT2D eigenvalue weighted by Crippen LogP contribution is -2.10. The van der Waals surface area contributed by atoms with Gasteiger partial charge in [0.15, 0.2) is 12.4 Å².